The van der Waals surface area contributed by atoms with E-state index in [1.807, 2.05) is 19.1 Å². The van der Waals surface area contributed by atoms with Crippen LogP contribution in [0, 0.1) is 19.7 Å². The number of carbonyl (C=O) groups is 3. The Bertz CT molecular complexity index is 1440. The highest BCUT2D eigenvalue weighted by molar-refractivity contribution is 9.10. The summed E-state index contributed by atoms with van der Waals surface area (Å²) in [5.41, 5.74) is 2.91. The molecule has 0 spiro atoms. The standard InChI is InChI=1S/C25H17BrCl2FN3O3/c1-12-3-4-14(23(33)31-19-8-5-15(26)9-13(19)2)10-20(12)30-22-21(28)24(34)32(25(22)35)16-6-7-18(29)17(27)11-16/h3-11,30H,1-2H3,(H,31,33). The molecule has 3 amide bonds. The lowest BCUT2D eigenvalue weighted by Crippen LogP contribution is -2.32. The Kier molecular flexibility index (Phi) is 6.98. The summed E-state index contributed by atoms with van der Waals surface area (Å²) < 4.78 is 14.4. The van der Waals surface area contributed by atoms with Gasteiger partial charge in [-0.05, 0) is 73.5 Å². The Labute approximate surface area is 218 Å². The second kappa shape index (κ2) is 9.81. The van der Waals surface area contributed by atoms with Crippen LogP contribution in [0.15, 0.2) is 69.8 Å². The number of imide groups is 1. The largest absolute Gasteiger partial charge is 0.349 e. The summed E-state index contributed by atoms with van der Waals surface area (Å²) in [7, 11) is 0. The summed E-state index contributed by atoms with van der Waals surface area (Å²) in [5.74, 6) is -2.55. The Morgan fingerprint density at radius 2 is 1.66 bits per heavy atom. The molecule has 0 unspecified atom stereocenters. The fourth-order valence-electron chi connectivity index (χ4n) is 3.46. The summed E-state index contributed by atoms with van der Waals surface area (Å²) >= 11 is 15.4. The molecular weight excluding hydrogens is 560 g/mol. The van der Waals surface area contributed by atoms with Gasteiger partial charge in [0.15, 0.2) is 0 Å². The third-order valence-corrected chi connectivity index (χ3v) is 6.52. The van der Waals surface area contributed by atoms with Crippen molar-refractivity contribution in [3.05, 3.63) is 97.3 Å². The Hall–Kier alpha value is -3.20. The molecule has 0 aromatic heterocycles. The normalized spacial score (nSPS) is 13.5. The van der Waals surface area contributed by atoms with Crippen LogP contribution in [0.2, 0.25) is 5.02 Å². The number of nitrogens with zero attached hydrogens (tertiary/aromatic N) is 1. The molecule has 1 aliphatic heterocycles. The van der Waals surface area contributed by atoms with Crippen molar-refractivity contribution in [2.24, 2.45) is 0 Å². The van der Waals surface area contributed by atoms with Gasteiger partial charge in [-0.2, -0.15) is 0 Å². The summed E-state index contributed by atoms with van der Waals surface area (Å²) in [6.07, 6.45) is 0. The van der Waals surface area contributed by atoms with Crippen LogP contribution in [-0.4, -0.2) is 17.7 Å². The van der Waals surface area contributed by atoms with Crippen LogP contribution in [0.5, 0.6) is 0 Å². The third kappa shape index (κ3) is 4.96. The lowest BCUT2D eigenvalue weighted by molar-refractivity contribution is -0.120. The minimum atomic E-state index is -0.779. The molecule has 0 saturated carbocycles. The van der Waals surface area contributed by atoms with Crippen LogP contribution in [0.1, 0.15) is 21.5 Å². The number of carbonyl (C=O) groups excluding carboxylic acids is 3. The molecule has 1 aliphatic rings. The first-order valence-corrected chi connectivity index (χ1v) is 11.8. The van der Waals surface area contributed by atoms with Crippen LogP contribution in [0.3, 0.4) is 0 Å². The Morgan fingerprint density at radius 3 is 2.34 bits per heavy atom. The summed E-state index contributed by atoms with van der Waals surface area (Å²) in [6, 6.07) is 13.9. The van der Waals surface area contributed by atoms with Gasteiger partial charge < -0.3 is 10.6 Å². The maximum absolute atomic E-state index is 13.5. The third-order valence-electron chi connectivity index (χ3n) is 5.38. The summed E-state index contributed by atoms with van der Waals surface area (Å²) in [5, 5.41) is 5.17. The molecule has 0 saturated heterocycles. The number of aryl methyl sites for hydroxylation is 2. The van der Waals surface area contributed by atoms with Gasteiger partial charge in [0, 0.05) is 21.4 Å². The van der Waals surface area contributed by atoms with E-state index in [0.717, 1.165) is 21.0 Å². The molecule has 0 fully saturated rings. The van der Waals surface area contributed by atoms with Crippen molar-refractivity contribution in [3.8, 4) is 0 Å². The first-order valence-electron chi connectivity index (χ1n) is 10.3. The number of anilines is 3. The highest BCUT2D eigenvalue weighted by atomic mass is 79.9. The molecule has 0 aliphatic carbocycles. The molecule has 178 valence electrons. The van der Waals surface area contributed by atoms with Crippen LogP contribution >= 0.6 is 39.1 Å². The van der Waals surface area contributed by atoms with Crippen LogP contribution in [0.25, 0.3) is 0 Å². The van der Waals surface area contributed by atoms with Crippen molar-refractivity contribution in [2.45, 2.75) is 13.8 Å². The fourth-order valence-corrected chi connectivity index (χ4v) is 4.33. The Morgan fingerprint density at radius 1 is 0.914 bits per heavy atom. The van der Waals surface area contributed by atoms with E-state index in [9.17, 15) is 18.8 Å². The molecule has 6 nitrogen and oxygen atoms in total. The molecule has 35 heavy (non-hydrogen) atoms. The lowest BCUT2D eigenvalue weighted by Gasteiger charge is -2.16. The van der Waals surface area contributed by atoms with Crippen LogP contribution in [-0.2, 0) is 9.59 Å². The molecule has 10 heteroatoms. The molecule has 2 N–H and O–H groups in total. The number of amides is 3. The molecular formula is C25H17BrCl2FN3O3. The second-order valence-electron chi connectivity index (χ2n) is 7.80. The zero-order valence-corrected chi connectivity index (χ0v) is 21.5. The molecule has 3 aromatic rings. The van der Waals surface area contributed by atoms with Gasteiger partial charge in [-0.1, -0.05) is 45.2 Å². The number of hydrogen-bond donors (Lipinski definition) is 2. The van der Waals surface area contributed by atoms with Crippen molar-refractivity contribution in [2.75, 3.05) is 15.5 Å². The molecule has 0 bridgehead atoms. The van der Waals surface area contributed by atoms with E-state index in [1.165, 1.54) is 12.1 Å². The molecule has 0 radical (unpaired) electrons. The Balaban J connectivity index is 1.59. The van der Waals surface area contributed by atoms with Crippen molar-refractivity contribution in [3.63, 3.8) is 0 Å². The lowest BCUT2D eigenvalue weighted by atomic mass is 10.1. The van der Waals surface area contributed by atoms with E-state index < -0.39 is 17.6 Å². The average Bonchev–Trinajstić information content (AvgIpc) is 3.02. The van der Waals surface area contributed by atoms with E-state index in [-0.39, 0.29) is 27.3 Å². The zero-order chi connectivity index (χ0) is 25.4. The van der Waals surface area contributed by atoms with Gasteiger partial charge >= 0.3 is 0 Å². The number of halogens is 4. The van der Waals surface area contributed by atoms with E-state index in [4.69, 9.17) is 23.2 Å². The zero-order valence-electron chi connectivity index (χ0n) is 18.4. The minimum absolute atomic E-state index is 0.0797. The van der Waals surface area contributed by atoms with Crippen molar-refractivity contribution < 1.29 is 18.8 Å². The minimum Gasteiger partial charge on any atom is -0.349 e. The van der Waals surface area contributed by atoms with Gasteiger partial charge in [0.05, 0.1) is 10.7 Å². The molecule has 3 aromatic carbocycles. The van der Waals surface area contributed by atoms with Crippen molar-refractivity contribution in [1.29, 1.82) is 0 Å². The van der Waals surface area contributed by atoms with Crippen LogP contribution in [0.4, 0.5) is 21.5 Å². The summed E-state index contributed by atoms with van der Waals surface area (Å²) in [4.78, 5) is 39.4. The van der Waals surface area contributed by atoms with Gasteiger partial charge in [0.25, 0.3) is 17.7 Å². The van der Waals surface area contributed by atoms with E-state index >= 15 is 0 Å². The predicted molar refractivity (Wildman–Crippen MR) is 138 cm³/mol. The highest BCUT2D eigenvalue weighted by Gasteiger charge is 2.39. The van der Waals surface area contributed by atoms with Gasteiger partial charge in [-0.25, -0.2) is 9.29 Å². The first kappa shape index (κ1) is 24.9. The first-order chi connectivity index (χ1) is 16.6. The molecule has 0 atom stereocenters. The van der Waals surface area contributed by atoms with E-state index in [1.54, 1.807) is 31.2 Å². The molecule has 1 heterocycles. The SMILES string of the molecule is Cc1cc(Br)ccc1NC(=O)c1ccc(C)c(NC2=C(Cl)C(=O)N(c3ccc(F)c(Cl)c3)C2=O)c1. The van der Waals surface area contributed by atoms with Gasteiger partial charge in [0.1, 0.15) is 16.5 Å². The summed E-state index contributed by atoms with van der Waals surface area (Å²) in [6.45, 7) is 3.65. The average molecular weight is 577 g/mol. The topological polar surface area (TPSA) is 78.5 Å². The monoisotopic (exact) mass is 575 g/mol. The van der Waals surface area contributed by atoms with Gasteiger partial charge in [0.2, 0.25) is 0 Å². The second-order valence-corrected chi connectivity index (χ2v) is 9.50. The number of rotatable bonds is 5. The quantitative estimate of drug-likeness (QED) is 0.338. The molecule has 4 rings (SSSR count). The predicted octanol–water partition coefficient (Wildman–Crippen LogP) is 6.55. The van der Waals surface area contributed by atoms with Crippen molar-refractivity contribution in [1.82, 2.24) is 0 Å². The smallest absolute Gasteiger partial charge is 0.283 e. The number of nitrogens with one attached hydrogen (secondary N) is 2. The van der Waals surface area contributed by atoms with Crippen LogP contribution < -0.4 is 15.5 Å². The van der Waals surface area contributed by atoms with Gasteiger partial charge in [-0.3, -0.25) is 14.4 Å². The number of benzene rings is 3. The number of hydrogen-bond acceptors (Lipinski definition) is 4. The maximum Gasteiger partial charge on any atom is 0.283 e. The maximum atomic E-state index is 13.5. The van der Waals surface area contributed by atoms with E-state index in [2.05, 4.69) is 26.6 Å². The fraction of sp³-hybridized carbons (Fsp3) is 0.0800. The van der Waals surface area contributed by atoms with Gasteiger partial charge in [-0.15, -0.1) is 0 Å². The van der Waals surface area contributed by atoms with E-state index in [0.29, 0.717) is 22.5 Å². The van der Waals surface area contributed by atoms with Crippen molar-refractivity contribution >= 4 is 73.9 Å². The highest BCUT2D eigenvalue weighted by Crippen LogP contribution is 2.33.